The van der Waals surface area contributed by atoms with E-state index in [9.17, 15) is 8.42 Å². The topological polar surface area (TPSA) is 72.8 Å². The lowest BCUT2D eigenvalue weighted by atomic mass is 10.0. The zero-order valence-corrected chi connectivity index (χ0v) is 22.1. The lowest BCUT2D eigenvalue weighted by Gasteiger charge is -2.15. The van der Waals surface area contributed by atoms with Gasteiger partial charge in [-0.3, -0.25) is 0 Å². The summed E-state index contributed by atoms with van der Waals surface area (Å²) in [6, 6.07) is 0. The molecule has 6 heteroatoms. The van der Waals surface area contributed by atoms with Crippen molar-refractivity contribution in [1.82, 2.24) is 0 Å². The van der Waals surface area contributed by atoms with Gasteiger partial charge in [0.15, 0.2) is 9.84 Å². The van der Waals surface area contributed by atoms with E-state index in [0.29, 0.717) is 19.4 Å². The van der Waals surface area contributed by atoms with Gasteiger partial charge in [-0.2, -0.15) is 0 Å². The Kier molecular flexibility index (Phi) is 23.8. The van der Waals surface area contributed by atoms with Gasteiger partial charge < -0.3 is 14.6 Å². The zero-order chi connectivity index (χ0) is 23.8. The van der Waals surface area contributed by atoms with Gasteiger partial charge in [-0.1, -0.05) is 103 Å². The Morgan fingerprint density at radius 3 is 1.59 bits per heavy atom. The number of rotatable bonds is 26. The van der Waals surface area contributed by atoms with Crippen molar-refractivity contribution < 1.29 is 23.0 Å². The average molecular weight is 479 g/mol. The van der Waals surface area contributed by atoms with Crippen LogP contribution in [0.3, 0.4) is 0 Å². The molecule has 0 aliphatic carbocycles. The number of aliphatic hydroxyl groups is 1. The van der Waals surface area contributed by atoms with Gasteiger partial charge in [0.2, 0.25) is 0 Å². The van der Waals surface area contributed by atoms with E-state index in [4.69, 9.17) is 14.6 Å². The molecule has 0 saturated heterocycles. The lowest BCUT2D eigenvalue weighted by Crippen LogP contribution is -2.23. The third kappa shape index (κ3) is 23.0. The Morgan fingerprint density at radius 2 is 1.16 bits per heavy atom. The van der Waals surface area contributed by atoms with Crippen molar-refractivity contribution in [3.05, 3.63) is 0 Å². The van der Waals surface area contributed by atoms with Crippen LogP contribution in [0.1, 0.15) is 122 Å². The van der Waals surface area contributed by atoms with Crippen molar-refractivity contribution >= 4 is 9.84 Å². The standard InChI is InChI=1S/C26H54O5S/c1-3-4-5-6-7-8-9-10-11-12-13-14-15-16-17-18-22-31-25-26(30-2)20-24-32(28,29)23-19-21-27/h26-27H,3-25H2,1-2H3. The van der Waals surface area contributed by atoms with E-state index >= 15 is 0 Å². The maximum atomic E-state index is 11.8. The minimum absolute atomic E-state index is 0.0417. The van der Waals surface area contributed by atoms with Crippen LogP contribution in [0.5, 0.6) is 0 Å². The van der Waals surface area contributed by atoms with Crippen LogP contribution in [0.15, 0.2) is 0 Å². The van der Waals surface area contributed by atoms with Gasteiger partial charge in [0.05, 0.1) is 24.2 Å². The molecule has 0 radical (unpaired) electrons. The first kappa shape index (κ1) is 31.8. The number of aliphatic hydroxyl groups excluding tert-OH is 1. The molecule has 1 atom stereocenters. The third-order valence-corrected chi connectivity index (χ3v) is 7.91. The minimum atomic E-state index is -3.11. The molecule has 0 fully saturated rings. The van der Waals surface area contributed by atoms with Crippen molar-refractivity contribution in [2.45, 2.75) is 129 Å². The van der Waals surface area contributed by atoms with Crippen LogP contribution in [0.4, 0.5) is 0 Å². The summed E-state index contributed by atoms with van der Waals surface area (Å²) in [5.74, 6) is 0.133. The van der Waals surface area contributed by atoms with Crippen molar-refractivity contribution in [1.29, 1.82) is 0 Å². The summed E-state index contributed by atoms with van der Waals surface area (Å²) < 4.78 is 34.7. The van der Waals surface area contributed by atoms with Gasteiger partial charge in [-0.15, -0.1) is 0 Å². The molecule has 0 bridgehead atoms. The first-order valence-corrected chi connectivity index (χ1v) is 15.3. The highest BCUT2D eigenvalue weighted by Gasteiger charge is 2.15. The molecule has 0 aromatic heterocycles. The maximum Gasteiger partial charge on any atom is 0.150 e. The van der Waals surface area contributed by atoms with E-state index in [1.54, 1.807) is 7.11 Å². The van der Waals surface area contributed by atoms with Crippen LogP contribution in [0.2, 0.25) is 0 Å². The largest absolute Gasteiger partial charge is 0.396 e. The zero-order valence-electron chi connectivity index (χ0n) is 21.3. The van der Waals surface area contributed by atoms with Crippen LogP contribution in [0.25, 0.3) is 0 Å². The van der Waals surface area contributed by atoms with Crippen LogP contribution < -0.4 is 0 Å². The molecule has 1 N–H and O–H groups in total. The highest BCUT2D eigenvalue weighted by atomic mass is 32.2. The molecule has 0 amide bonds. The molecule has 1 unspecified atom stereocenters. The average Bonchev–Trinajstić information content (AvgIpc) is 2.79. The Hall–Kier alpha value is -0.170. The molecule has 0 aromatic carbocycles. The minimum Gasteiger partial charge on any atom is -0.396 e. The van der Waals surface area contributed by atoms with Crippen LogP contribution >= 0.6 is 0 Å². The monoisotopic (exact) mass is 478 g/mol. The number of unbranched alkanes of at least 4 members (excludes halogenated alkanes) is 15. The van der Waals surface area contributed by atoms with Gasteiger partial charge in [0.25, 0.3) is 0 Å². The molecule has 194 valence electrons. The van der Waals surface area contributed by atoms with Gasteiger partial charge in [0, 0.05) is 20.3 Å². The Balaban J connectivity index is 3.37. The van der Waals surface area contributed by atoms with E-state index in [-0.39, 0.29) is 24.2 Å². The van der Waals surface area contributed by atoms with E-state index in [0.717, 1.165) is 13.0 Å². The molecule has 0 spiro atoms. The smallest absolute Gasteiger partial charge is 0.150 e. The first-order chi connectivity index (χ1) is 15.6. The Bertz CT molecular complexity index is 467. The molecule has 0 rings (SSSR count). The lowest BCUT2D eigenvalue weighted by molar-refractivity contribution is 0.00623. The fraction of sp³-hybridized carbons (Fsp3) is 1.00. The molecule has 5 nitrogen and oxygen atoms in total. The Morgan fingerprint density at radius 1 is 0.688 bits per heavy atom. The van der Waals surface area contributed by atoms with Crippen molar-refractivity contribution in [3.8, 4) is 0 Å². The summed E-state index contributed by atoms with van der Waals surface area (Å²) in [6.45, 7) is 3.35. The second-order valence-corrected chi connectivity index (χ2v) is 11.6. The maximum absolute atomic E-state index is 11.8. The van der Waals surface area contributed by atoms with Crippen molar-refractivity contribution in [2.24, 2.45) is 0 Å². The molecule has 0 heterocycles. The number of hydrogen-bond donors (Lipinski definition) is 1. The normalized spacial score (nSPS) is 13.0. The predicted molar refractivity (Wildman–Crippen MR) is 136 cm³/mol. The van der Waals surface area contributed by atoms with Crippen molar-refractivity contribution in [2.75, 3.05) is 38.4 Å². The molecular weight excluding hydrogens is 424 g/mol. The fourth-order valence-electron chi connectivity index (χ4n) is 3.93. The molecule has 32 heavy (non-hydrogen) atoms. The summed E-state index contributed by atoms with van der Waals surface area (Å²) in [5.41, 5.74) is 0. The van der Waals surface area contributed by atoms with Crippen LogP contribution in [-0.4, -0.2) is 58.1 Å². The summed E-state index contributed by atoms with van der Waals surface area (Å²) in [4.78, 5) is 0. The summed E-state index contributed by atoms with van der Waals surface area (Å²) >= 11 is 0. The number of methoxy groups -OCH3 is 1. The molecule has 0 aliphatic rings. The fourth-order valence-corrected chi connectivity index (χ4v) is 5.33. The number of ether oxygens (including phenoxy) is 2. The SMILES string of the molecule is CCCCCCCCCCCCCCCCCCOCC(CCS(=O)(=O)CCCO)OC. The van der Waals surface area contributed by atoms with Crippen LogP contribution in [0, 0.1) is 0 Å². The Labute approximate surface area is 200 Å². The number of hydrogen-bond acceptors (Lipinski definition) is 5. The first-order valence-electron chi connectivity index (χ1n) is 13.5. The number of sulfone groups is 1. The van der Waals surface area contributed by atoms with E-state index in [2.05, 4.69) is 6.92 Å². The summed E-state index contributed by atoms with van der Waals surface area (Å²) in [7, 11) is -1.51. The van der Waals surface area contributed by atoms with Crippen molar-refractivity contribution in [3.63, 3.8) is 0 Å². The van der Waals surface area contributed by atoms with Gasteiger partial charge in [0.1, 0.15) is 0 Å². The molecule has 0 saturated carbocycles. The highest BCUT2D eigenvalue weighted by Crippen LogP contribution is 2.14. The van der Waals surface area contributed by atoms with E-state index < -0.39 is 9.84 Å². The quantitative estimate of drug-likeness (QED) is 0.144. The third-order valence-electron chi connectivity index (χ3n) is 6.14. The van der Waals surface area contributed by atoms with Gasteiger partial charge in [-0.25, -0.2) is 8.42 Å². The van der Waals surface area contributed by atoms with E-state index in [1.807, 2.05) is 0 Å². The summed E-state index contributed by atoms with van der Waals surface area (Å²) in [6.07, 6.45) is 22.3. The molecule has 0 aliphatic heterocycles. The molecule has 0 aromatic rings. The second-order valence-electron chi connectivity index (χ2n) is 9.25. The van der Waals surface area contributed by atoms with Gasteiger partial charge in [-0.05, 0) is 19.3 Å². The molecular formula is C26H54O5S. The van der Waals surface area contributed by atoms with E-state index in [1.165, 1.54) is 96.3 Å². The van der Waals surface area contributed by atoms with Gasteiger partial charge >= 0.3 is 0 Å². The second kappa shape index (κ2) is 24.0. The van der Waals surface area contributed by atoms with Crippen LogP contribution in [-0.2, 0) is 19.3 Å². The highest BCUT2D eigenvalue weighted by molar-refractivity contribution is 7.91. The predicted octanol–water partition coefficient (Wildman–Crippen LogP) is 6.47. The summed E-state index contributed by atoms with van der Waals surface area (Å²) in [5, 5.41) is 8.76.